The second-order valence-electron chi connectivity index (χ2n) is 8.27. The van der Waals surface area contributed by atoms with Gasteiger partial charge in [0, 0.05) is 18.5 Å². The van der Waals surface area contributed by atoms with E-state index in [0.29, 0.717) is 17.1 Å². The number of aryl methyl sites for hydroxylation is 1. The topological polar surface area (TPSA) is 77.4 Å². The number of hydrogen-bond acceptors (Lipinski definition) is 5. The van der Waals surface area contributed by atoms with E-state index in [-0.39, 0.29) is 31.1 Å². The fourth-order valence-corrected chi connectivity index (χ4v) is 4.33. The Kier molecular flexibility index (Phi) is 5.59. The van der Waals surface area contributed by atoms with E-state index in [9.17, 15) is 18.0 Å². The van der Waals surface area contributed by atoms with Crippen LogP contribution in [0.1, 0.15) is 52.5 Å². The minimum atomic E-state index is -4.51. The quantitative estimate of drug-likeness (QED) is 0.560. The zero-order chi connectivity index (χ0) is 23.9. The lowest BCUT2D eigenvalue weighted by Crippen LogP contribution is -2.36. The van der Waals surface area contributed by atoms with Crippen LogP contribution in [0.4, 0.5) is 19.0 Å². The van der Waals surface area contributed by atoms with E-state index in [1.165, 1.54) is 6.20 Å². The van der Waals surface area contributed by atoms with Gasteiger partial charge in [-0.1, -0.05) is 43.3 Å². The number of para-hydroxylation sites is 1. The molecule has 3 heterocycles. The number of aromatic nitrogens is 2. The van der Waals surface area contributed by atoms with Crippen molar-refractivity contribution < 1.29 is 27.4 Å². The lowest BCUT2D eigenvalue weighted by atomic mass is 9.95. The molecule has 0 aliphatic carbocycles. The zero-order valence-electron chi connectivity index (χ0n) is 18.4. The number of ether oxygens (including phenoxy) is 2. The number of nitrogens with one attached hydrogen (secondary N) is 2. The summed E-state index contributed by atoms with van der Waals surface area (Å²) in [5.41, 5.74) is 2.58. The first-order valence-corrected chi connectivity index (χ1v) is 11.0. The van der Waals surface area contributed by atoms with E-state index in [1.807, 2.05) is 31.2 Å². The highest BCUT2D eigenvalue weighted by molar-refractivity contribution is 5.98. The highest BCUT2D eigenvalue weighted by Gasteiger charge is 2.47. The van der Waals surface area contributed by atoms with Gasteiger partial charge in [-0.25, -0.2) is 4.68 Å². The molecule has 2 aromatic carbocycles. The summed E-state index contributed by atoms with van der Waals surface area (Å²) >= 11 is 0. The van der Waals surface area contributed by atoms with Crippen molar-refractivity contribution in [2.24, 2.45) is 0 Å². The molecule has 0 bridgehead atoms. The molecular formula is C24H23F3N4O3. The van der Waals surface area contributed by atoms with Gasteiger partial charge in [-0.05, 0) is 23.6 Å². The van der Waals surface area contributed by atoms with Crippen molar-refractivity contribution in [2.75, 3.05) is 12.1 Å². The van der Waals surface area contributed by atoms with E-state index in [1.54, 1.807) is 18.2 Å². The SMILES string of the molecule is CCc1ccc([C@H]2C[C@@H](C(F)(F)F)n3ncc(C(=O)NCc4cccc5c4OCO5)c3N2)cc1. The van der Waals surface area contributed by atoms with Gasteiger partial charge < -0.3 is 20.1 Å². The molecule has 0 fully saturated rings. The van der Waals surface area contributed by atoms with Gasteiger partial charge in [0.15, 0.2) is 17.5 Å². The monoisotopic (exact) mass is 472 g/mol. The van der Waals surface area contributed by atoms with Gasteiger partial charge in [-0.15, -0.1) is 0 Å². The number of nitrogens with zero attached hydrogens (tertiary/aromatic N) is 2. The maximum atomic E-state index is 13.9. The molecule has 2 aliphatic heterocycles. The second kappa shape index (κ2) is 8.58. The number of benzene rings is 2. The molecule has 0 radical (unpaired) electrons. The number of fused-ring (bicyclic) bond motifs is 2. The molecule has 2 atom stereocenters. The molecule has 0 saturated heterocycles. The van der Waals surface area contributed by atoms with Gasteiger partial charge in [0.25, 0.3) is 5.91 Å². The molecule has 1 aromatic heterocycles. The largest absolute Gasteiger partial charge is 0.454 e. The van der Waals surface area contributed by atoms with Crippen LogP contribution in [0, 0.1) is 0 Å². The molecule has 34 heavy (non-hydrogen) atoms. The van der Waals surface area contributed by atoms with Crippen molar-refractivity contribution in [3.05, 3.63) is 70.9 Å². The van der Waals surface area contributed by atoms with Crippen LogP contribution in [0.25, 0.3) is 0 Å². The Hall–Kier alpha value is -3.69. The van der Waals surface area contributed by atoms with Crippen LogP contribution < -0.4 is 20.1 Å². The normalized spacial score (nSPS) is 18.8. The molecule has 7 nitrogen and oxygen atoms in total. The Morgan fingerprint density at radius 1 is 1.21 bits per heavy atom. The van der Waals surface area contributed by atoms with Crippen LogP contribution in [-0.4, -0.2) is 28.7 Å². The molecule has 178 valence electrons. The number of anilines is 1. The number of carbonyl (C=O) groups is 1. The molecule has 0 saturated carbocycles. The minimum absolute atomic E-state index is 0.0496. The molecule has 0 spiro atoms. The van der Waals surface area contributed by atoms with Crippen LogP contribution in [0.5, 0.6) is 11.5 Å². The zero-order valence-corrected chi connectivity index (χ0v) is 18.4. The summed E-state index contributed by atoms with van der Waals surface area (Å²) in [5.74, 6) is 0.647. The van der Waals surface area contributed by atoms with Crippen molar-refractivity contribution in [1.29, 1.82) is 0 Å². The summed E-state index contributed by atoms with van der Waals surface area (Å²) in [5, 5.41) is 9.80. The van der Waals surface area contributed by atoms with Crippen LogP contribution in [0.2, 0.25) is 0 Å². The summed E-state index contributed by atoms with van der Waals surface area (Å²) in [4.78, 5) is 13.0. The third-order valence-corrected chi connectivity index (χ3v) is 6.19. The van der Waals surface area contributed by atoms with E-state index in [4.69, 9.17) is 9.47 Å². The number of hydrogen-bond donors (Lipinski definition) is 2. The third-order valence-electron chi connectivity index (χ3n) is 6.19. The smallest absolute Gasteiger partial charge is 0.410 e. The maximum Gasteiger partial charge on any atom is 0.410 e. The third kappa shape index (κ3) is 4.04. The summed E-state index contributed by atoms with van der Waals surface area (Å²) < 4.78 is 53.4. The van der Waals surface area contributed by atoms with E-state index >= 15 is 0 Å². The molecule has 5 rings (SSSR count). The van der Waals surface area contributed by atoms with Crippen LogP contribution in [0.15, 0.2) is 48.7 Å². The van der Waals surface area contributed by atoms with Gasteiger partial charge in [0.05, 0.1) is 12.2 Å². The Balaban J connectivity index is 1.41. The second-order valence-corrected chi connectivity index (χ2v) is 8.27. The van der Waals surface area contributed by atoms with Crippen molar-refractivity contribution in [1.82, 2.24) is 15.1 Å². The molecule has 2 N–H and O–H groups in total. The first-order chi connectivity index (χ1) is 16.3. The van der Waals surface area contributed by atoms with Crippen LogP contribution >= 0.6 is 0 Å². The first-order valence-electron chi connectivity index (χ1n) is 11.0. The van der Waals surface area contributed by atoms with E-state index < -0.39 is 24.2 Å². The summed E-state index contributed by atoms with van der Waals surface area (Å²) in [7, 11) is 0. The maximum absolute atomic E-state index is 13.9. The van der Waals surface area contributed by atoms with Crippen molar-refractivity contribution in [3.63, 3.8) is 0 Å². The van der Waals surface area contributed by atoms with Gasteiger partial charge in [-0.2, -0.15) is 18.3 Å². The Bertz CT molecular complexity index is 1210. The Labute approximate surface area is 193 Å². The highest BCUT2D eigenvalue weighted by Crippen LogP contribution is 2.44. The van der Waals surface area contributed by atoms with Gasteiger partial charge in [-0.3, -0.25) is 4.79 Å². The number of amides is 1. The average Bonchev–Trinajstić information content (AvgIpc) is 3.48. The number of alkyl halides is 3. The van der Waals surface area contributed by atoms with Gasteiger partial charge in [0.2, 0.25) is 6.79 Å². The van der Waals surface area contributed by atoms with Crippen LogP contribution in [-0.2, 0) is 13.0 Å². The molecule has 2 aliphatic rings. The fraction of sp³-hybridized carbons (Fsp3) is 0.333. The van der Waals surface area contributed by atoms with Crippen molar-refractivity contribution in [3.8, 4) is 11.5 Å². The van der Waals surface area contributed by atoms with Crippen molar-refractivity contribution in [2.45, 2.75) is 44.6 Å². The molecule has 1 amide bonds. The fourth-order valence-electron chi connectivity index (χ4n) is 4.33. The lowest BCUT2D eigenvalue weighted by Gasteiger charge is -2.34. The van der Waals surface area contributed by atoms with Crippen LogP contribution in [0.3, 0.4) is 0 Å². The predicted octanol–water partition coefficient (Wildman–Crippen LogP) is 4.76. The summed E-state index contributed by atoms with van der Waals surface area (Å²) in [6.07, 6.45) is -2.73. The Morgan fingerprint density at radius 3 is 2.74 bits per heavy atom. The number of rotatable bonds is 5. The van der Waals surface area contributed by atoms with Crippen molar-refractivity contribution >= 4 is 11.7 Å². The van der Waals surface area contributed by atoms with E-state index in [2.05, 4.69) is 15.7 Å². The number of carbonyl (C=O) groups excluding carboxylic acids is 1. The lowest BCUT2D eigenvalue weighted by molar-refractivity contribution is -0.173. The highest BCUT2D eigenvalue weighted by atomic mass is 19.4. The van der Waals surface area contributed by atoms with E-state index in [0.717, 1.165) is 22.2 Å². The average molecular weight is 472 g/mol. The Morgan fingerprint density at radius 2 is 2.00 bits per heavy atom. The molecule has 0 unspecified atom stereocenters. The van der Waals surface area contributed by atoms with Gasteiger partial charge >= 0.3 is 6.18 Å². The first kappa shape index (κ1) is 22.1. The minimum Gasteiger partial charge on any atom is -0.454 e. The summed E-state index contributed by atoms with van der Waals surface area (Å²) in [6.45, 7) is 2.24. The van der Waals surface area contributed by atoms with Gasteiger partial charge in [0.1, 0.15) is 11.4 Å². The molecule has 10 heteroatoms. The summed E-state index contributed by atoms with van der Waals surface area (Å²) in [6, 6.07) is 10.3. The molecular weight excluding hydrogens is 449 g/mol. The standard InChI is InChI=1S/C24H23F3N4O3/c1-2-14-6-8-15(9-7-14)18-10-20(24(25,26)27)31-22(30-18)17(12-29-31)23(32)28-11-16-4-3-5-19-21(16)34-13-33-19/h3-9,12,18,20,30H,2,10-11,13H2,1H3,(H,28,32)/t18-,20+/m1/s1. The number of halogens is 3. The predicted molar refractivity (Wildman–Crippen MR) is 118 cm³/mol. The molecule has 3 aromatic rings.